The molecule has 31 heavy (non-hydrogen) atoms. The first kappa shape index (κ1) is 22.2. The van der Waals surface area contributed by atoms with E-state index in [1.54, 1.807) is 30.5 Å². The molecule has 3 rings (SSSR count). The van der Waals surface area contributed by atoms with Gasteiger partial charge in [0.1, 0.15) is 0 Å². The van der Waals surface area contributed by atoms with Gasteiger partial charge in [0, 0.05) is 43.2 Å². The highest BCUT2D eigenvalue weighted by molar-refractivity contribution is 5.99. The van der Waals surface area contributed by atoms with Crippen molar-refractivity contribution in [1.82, 2.24) is 15.2 Å². The zero-order valence-electron chi connectivity index (χ0n) is 18.2. The van der Waals surface area contributed by atoms with E-state index >= 15 is 0 Å². The van der Waals surface area contributed by atoms with Gasteiger partial charge in [-0.2, -0.15) is 0 Å². The minimum atomic E-state index is -0.150. The Labute approximate surface area is 184 Å². The lowest BCUT2D eigenvalue weighted by Crippen LogP contribution is -2.31. The van der Waals surface area contributed by atoms with Gasteiger partial charge in [-0.25, -0.2) is 0 Å². The smallest absolute Gasteiger partial charge is 0.254 e. The molecule has 0 aliphatic carbocycles. The van der Waals surface area contributed by atoms with Crippen molar-refractivity contribution in [3.63, 3.8) is 0 Å². The second kappa shape index (κ2) is 11.1. The summed E-state index contributed by atoms with van der Waals surface area (Å²) in [6.45, 7) is 5.83. The predicted octanol–water partition coefficient (Wildman–Crippen LogP) is 4.94. The zero-order valence-corrected chi connectivity index (χ0v) is 18.2. The molecule has 0 radical (unpaired) electrons. The van der Waals surface area contributed by atoms with Crippen molar-refractivity contribution in [2.75, 3.05) is 13.1 Å². The summed E-state index contributed by atoms with van der Waals surface area (Å²) in [6, 6.07) is 19.1. The molecule has 5 nitrogen and oxygen atoms in total. The van der Waals surface area contributed by atoms with Crippen molar-refractivity contribution in [3.05, 3.63) is 89.7 Å². The number of carbonyl (C=O) groups is 2. The van der Waals surface area contributed by atoms with E-state index in [1.165, 1.54) is 0 Å². The third-order valence-corrected chi connectivity index (χ3v) is 4.98. The Hall–Kier alpha value is -3.47. The number of hydrogen-bond donors (Lipinski definition) is 1. The Morgan fingerprint density at radius 3 is 2.42 bits per heavy atom. The normalized spacial score (nSPS) is 10.5. The summed E-state index contributed by atoms with van der Waals surface area (Å²) in [5.74, 6) is -0.221. The first-order valence-electron chi connectivity index (χ1n) is 10.8. The molecule has 0 bridgehead atoms. The van der Waals surface area contributed by atoms with Crippen LogP contribution in [-0.2, 0) is 6.54 Å². The van der Waals surface area contributed by atoms with Gasteiger partial charge >= 0.3 is 0 Å². The highest BCUT2D eigenvalue weighted by atomic mass is 16.2. The summed E-state index contributed by atoms with van der Waals surface area (Å²) in [6.07, 6.45) is 5.31. The van der Waals surface area contributed by atoms with Gasteiger partial charge < -0.3 is 10.2 Å². The van der Waals surface area contributed by atoms with Gasteiger partial charge in [0.05, 0.1) is 0 Å². The van der Waals surface area contributed by atoms with Crippen LogP contribution in [0.1, 0.15) is 53.0 Å². The number of nitrogens with one attached hydrogen (secondary N) is 1. The summed E-state index contributed by atoms with van der Waals surface area (Å²) in [5.41, 5.74) is 4.21. The van der Waals surface area contributed by atoms with Gasteiger partial charge in [-0.3, -0.25) is 14.6 Å². The van der Waals surface area contributed by atoms with E-state index in [0.717, 1.165) is 29.5 Å². The van der Waals surface area contributed by atoms with Gasteiger partial charge in [-0.05, 0) is 59.9 Å². The number of carbonyl (C=O) groups excluding carboxylic acids is 2. The van der Waals surface area contributed by atoms with Crippen LogP contribution in [0.15, 0.2) is 73.1 Å². The van der Waals surface area contributed by atoms with Crippen molar-refractivity contribution in [2.24, 2.45) is 0 Å². The van der Waals surface area contributed by atoms with E-state index in [-0.39, 0.29) is 11.8 Å². The molecule has 3 aromatic rings. The lowest BCUT2D eigenvalue weighted by molar-refractivity contribution is 0.0743. The van der Waals surface area contributed by atoms with Crippen LogP contribution >= 0.6 is 0 Å². The van der Waals surface area contributed by atoms with Crippen LogP contribution in [0.2, 0.25) is 0 Å². The maximum Gasteiger partial charge on any atom is 0.254 e. The molecule has 1 aromatic heterocycles. The third-order valence-electron chi connectivity index (χ3n) is 4.98. The van der Waals surface area contributed by atoms with E-state index < -0.39 is 0 Å². The van der Waals surface area contributed by atoms with Gasteiger partial charge in [0.15, 0.2) is 0 Å². The van der Waals surface area contributed by atoms with Crippen LogP contribution in [0, 0.1) is 0 Å². The second-order valence-electron chi connectivity index (χ2n) is 7.51. The molecule has 0 aliphatic rings. The number of amides is 2. The first-order valence-corrected chi connectivity index (χ1v) is 10.8. The third kappa shape index (κ3) is 6.01. The van der Waals surface area contributed by atoms with Crippen molar-refractivity contribution in [2.45, 2.75) is 33.2 Å². The number of aromatic nitrogens is 1. The number of pyridine rings is 1. The monoisotopic (exact) mass is 415 g/mol. The van der Waals surface area contributed by atoms with E-state index in [4.69, 9.17) is 0 Å². The SMILES string of the molecule is CCCNC(=O)c1cccc(C(=O)N(CCC)Cc2cccc(-c3cccnc3)c2)c1. The molecular formula is C26H29N3O2. The van der Waals surface area contributed by atoms with Crippen LogP contribution in [0.3, 0.4) is 0 Å². The number of rotatable bonds is 9. The molecule has 0 saturated heterocycles. The Morgan fingerprint density at radius 1 is 0.903 bits per heavy atom. The highest BCUT2D eigenvalue weighted by Gasteiger charge is 2.17. The molecule has 5 heteroatoms. The summed E-state index contributed by atoms with van der Waals surface area (Å²) < 4.78 is 0. The fourth-order valence-corrected chi connectivity index (χ4v) is 3.44. The minimum Gasteiger partial charge on any atom is -0.352 e. The molecule has 0 saturated carbocycles. The van der Waals surface area contributed by atoms with Crippen LogP contribution < -0.4 is 5.32 Å². The molecule has 2 amide bonds. The van der Waals surface area contributed by atoms with Crippen LogP contribution in [0.5, 0.6) is 0 Å². The van der Waals surface area contributed by atoms with Crippen LogP contribution in [0.4, 0.5) is 0 Å². The summed E-state index contributed by atoms with van der Waals surface area (Å²) >= 11 is 0. The van der Waals surface area contributed by atoms with Crippen molar-refractivity contribution >= 4 is 11.8 Å². The highest BCUT2D eigenvalue weighted by Crippen LogP contribution is 2.21. The average molecular weight is 416 g/mol. The van der Waals surface area contributed by atoms with E-state index in [1.807, 2.05) is 48.4 Å². The van der Waals surface area contributed by atoms with Crippen molar-refractivity contribution in [1.29, 1.82) is 0 Å². The number of benzene rings is 2. The zero-order chi connectivity index (χ0) is 22.1. The molecule has 2 aromatic carbocycles. The Morgan fingerprint density at radius 2 is 1.68 bits per heavy atom. The van der Waals surface area contributed by atoms with Crippen molar-refractivity contribution < 1.29 is 9.59 Å². The predicted molar refractivity (Wildman–Crippen MR) is 124 cm³/mol. The van der Waals surface area contributed by atoms with Gasteiger partial charge in [0.25, 0.3) is 11.8 Å². The number of nitrogens with zero attached hydrogens (tertiary/aromatic N) is 2. The van der Waals surface area contributed by atoms with E-state index in [2.05, 4.69) is 23.3 Å². The standard InChI is InChI=1S/C26H29N3O2/c1-3-13-28-25(30)22-10-6-11-23(17-22)26(31)29(15-4-2)19-20-8-5-9-21(16-20)24-12-7-14-27-18-24/h5-12,14,16-18H,3-4,13,15,19H2,1-2H3,(H,28,30). The lowest BCUT2D eigenvalue weighted by Gasteiger charge is -2.23. The molecule has 160 valence electrons. The summed E-state index contributed by atoms with van der Waals surface area (Å²) in [7, 11) is 0. The maximum atomic E-state index is 13.3. The van der Waals surface area contributed by atoms with Crippen LogP contribution in [0.25, 0.3) is 11.1 Å². The largest absolute Gasteiger partial charge is 0.352 e. The molecular weight excluding hydrogens is 386 g/mol. The minimum absolute atomic E-state index is 0.0706. The van der Waals surface area contributed by atoms with Gasteiger partial charge in [-0.15, -0.1) is 0 Å². The Kier molecular flexibility index (Phi) is 7.93. The number of hydrogen-bond acceptors (Lipinski definition) is 3. The lowest BCUT2D eigenvalue weighted by atomic mass is 10.0. The molecule has 0 spiro atoms. The molecule has 0 atom stereocenters. The summed E-state index contributed by atoms with van der Waals surface area (Å²) in [5, 5.41) is 2.86. The fraction of sp³-hybridized carbons (Fsp3) is 0.269. The van der Waals surface area contributed by atoms with Crippen molar-refractivity contribution in [3.8, 4) is 11.1 Å². The quantitative estimate of drug-likeness (QED) is 0.538. The van der Waals surface area contributed by atoms with E-state index in [0.29, 0.717) is 30.8 Å². The molecule has 1 N–H and O–H groups in total. The van der Waals surface area contributed by atoms with E-state index in [9.17, 15) is 9.59 Å². The molecule has 0 unspecified atom stereocenters. The maximum absolute atomic E-state index is 13.3. The Bertz CT molecular complexity index is 1020. The Balaban J connectivity index is 1.80. The average Bonchev–Trinajstić information content (AvgIpc) is 2.82. The molecule has 0 aliphatic heterocycles. The van der Waals surface area contributed by atoms with Gasteiger partial charge in [0.2, 0.25) is 0 Å². The topological polar surface area (TPSA) is 62.3 Å². The fourth-order valence-electron chi connectivity index (χ4n) is 3.44. The van der Waals surface area contributed by atoms with Gasteiger partial charge in [-0.1, -0.05) is 44.2 Å². The first-order chi connectivity index (χ1) is 15.1. The molecule has 1 heterocycles. The van der Waals surface area contributed by atoms with Crippen LogP contribution in [-0.4, -0.2) is 34.8 Å². The second-order valence-corrected chi connectivity index (χ2v) is 7.51. The molecule has 0 fully saturated rings. The summed E-state index contributed by atoms with van der Waals surface area (Å²) in [4.78, 5) is 31.6.